The maximum Gasteiger partial charge on any atom is 0.199 e. The number of aromatic nitrogens is 2. The number of nitrogens with one attached hydrogen (secondary N) is 1. The quantitative estimate of drug-likeness (QED) is 0.318. The zero-order chi connectivity index (χ0) is 21.5. The van der Waals surface area contributed by atoms with E-state index >= 15 is 0 Å². The van der Waals surface area contributed by atoms with E-state index in [1.807, 2.05) is 48.5 Å². The minimum Gasteiger partial charge on any atom is -0.494 e. The van der Waals surface area contributed by atoms with E-state index in [-0.39, 0.29) is 5.88 Å². The largest absolute Gasteiger partial charge is 0.494 e. The topological polar surface area (TPSA) is 48.9 Å². The number of H-pyrrole nitrogens is 1. The van der Waals surface area contributed by atoms with E-state index in [2.05, 4.69) is 65.6 Å². The van der Waals surface area contributed by atoms with Gasteiger partial charge in [-0.3, -0.25) is 0 Å². The highest BCUT2D eigenvalue weighted by Crippen LogP contribution is 2.38. The first-order chi connectivity index (χ1) is 15.8. The second-order valence-electron chi connectivity index (χ2n) is 7.94. The Morgan fingerprint density at radius 2 is 1.25 bits per heavy atom. The van der Waals surface area contributed by atoms with Crippen LogP contribution in [0.1, 0.15) is 0 Å². The molecule has 0 aliphatic rings. The molecule has 0 spiro atoms. The summed E-state index contributed by atoms with van der Waals surface area (Å²) in [7, 11) is 0. The number of pyridine rings is 1. The van der Waals surface area contributed by atoms with Crippen LogP contribution in [-0.4, -0.2) is 15.1 Å². The lowest BCUT2D eigenvalue weighted by Gasteiger charge is -2.07. The summed E-state index contributed by atoms with van der Waals surface area (Å²) in [6.45, 7) is 0. The molecule has 0 atom stereocenters. The number of hydrogen-bond acceptors (Lipinski definition) is 2. The Balaban J connectivity index is 1.44. The van der Waals surface area contributed by atoms with Crippen LogP contribution < -0.4 is 0 Å². The van der Waals surface area contributed by atoms with Gasteiger partial charge in [0.2, 0.25) is 0 Å². The number of hydrogen-bond donors (Lipinski definition) is 2. The molecule has 6 rings (SSSR count). The molecular formula is C29H20N2O. The molecule has 2 aromatic heterocycles. The standard InChI is InChI=1S/C29H20N2O/c32-29-28(27-17-14-22-8-4-5-9-25(22)30-27)24-18-23(15-16-26(24)31-29)21-12-10-20(11-13-21)19-6-2-1-3-7-19/h1-18,31-32H. The van der Waals surface area contributed by atoms with E-state index in [1.165, 1.54) is 11.1 Å². The first-order valence-corrected chi connectivity index (χ1v) is 10.6. The van der Waals surface area contributed by atoms with Crippen LogP contribution in [0.25, 0.3) is 55.3 Å². The maximum atomic E-state index is 10.7. The van der Waals surface area contributed by atoms with Crippen molar-refractivity contribution in [2.45, 2.75) is 0 Å². The molecule has 6 aromatic rings. The van der Waals surface area contributed by atoms with Gasteiger partial charge >= 0.3 is 0 Å². The van der Waals surface area contributed by atoms with Crippen LogP contribution >= 0.6 is 0 Å². The molecule has 0 saturated heterocycles. The lowest BCUT2D eigenvalue weighted by molar-refractivity contribution is 0.460. The average Bonchev–Trinajstić information content (AvgIpc) is 3.19. The van der Waals surface area contributed by atoms with E-state index in [9.17, 15) is 5.11 Å². The molecule has 0 amide bonds. The zero-order valence-corrected chi connectivity index (χ0v) is 17.3. The van der Waals surface area contributed by atoms with Gasteiger partial charge < -0.3 is 10.1 Å². The lowest BCUT2D eigenvalue weighted by Crippen LogP contribution is -1.85. The van der Waals surface area contributed by atoms with Gasteiger partial charge in [-0.05, 0) is 46.5 Å². The Kier molecular flexibility index (Phi) is 4.25. The molecule has 2 N–H and O–H groups in total. The Morgan fingerprint density at radius 1 is 0.594 bits per heavy atom. The van der Waals surface area contributed by atoms with Gasteiger partial charge in [0.25, 0.3) is 0 Å². The van der Waals surface area contributed by atoms with Crippen molar-refractivity contribution in [3.63, 3.8) is 0 Å². The van der Waals surface area contributed by atoms with Crippen molar-refractivity contribution in [2.24, 2.45) is 0 Å². The molecule has 0 aliphatic carbocycles. The summed E-state index contributed by atoms with van der Waals surface area (Å²) in [6, 6.07) is 37.2. The summed E-state index contributed by atoms with van der Waals surface area (Å²) in [5.74, 6) is 0.138. The molecule has 2 heterocycles. The fourth-order valence-electron chi connectivity index (χ4n) is 4.31. The molecule has 0 saturated carbocycles. The second-order valence-corrected chi connectivity index (χ2v) is 7.94. The van der Waals surface area contributed by atoms with Gasteiger partial charge in [-0.25, -0.2) is 4.98 Å². The van der Waals surface area contributed by atoms with Crippen molar-refractivity contribution < 1.29 is 5.11 Å². The van der Waals surface area contributed by atoms with Crippen LogP contribution in [-0.2, 0) is 0 Å². The van der Waals surface area contributed by atoms with Crippen molar-refractivity contribution in [3.05, 3.63) is 109 Å². The molecule has 3 heteroatoms. The highest BCUT2D eigenvalue weighted by Gasteiger charge is 2.15. The van der Waals surface area contributed by atoms with E-state index in [1.54, 1.807) is 0 Å². The summed E-state index contributed by atoms with van der Waals surface area (Å²) in [5, 5.41) is 12.7. The third-order valence-corrected chi connectivity index (χ3v) is 5.96. The number of aromatic hydroxyl groups is 1. The number of aromatic amines is 1. The van der Waals surface area contributed by atoms with Crippen molar-refractivity contribution in [2.75, 3.05) is 0 Å². The molecule has 0 bridgehead atoms. The van der Waals surface area contributed by atoms with Crippen LogP contribution in [0, 0.1) is 0 Å². The number of rotatable bonds is 3. The SMILES string of the molecule is Oc1[nH]c2ccc(-c3ccc(-c4ccccc4)cc3)cc2c1-c1ccc2ccccc2n1. The van der Waals surface area contributed by atoms with Crippen LogP contribution in [0.15, 0.2) is 109 Å². The van der Waals surface area contributed by atoms with E-state index in [0.717, 1.165) is 44.2 Å². The number of benzene rings is 4. The van der Waals surface area contributed by atoms with Crippen molar-refractivity contribution >= 4 is 21.8 Å². The summed E-state index contributed by atoms with van der Waals surface area (Å²) < 4.78 is 0. The molecular weight excluding hydrogens is 392 g/mol. The third-order valence-electron chi connectivity index (χ3n) is 5.96. The molecule has 32 heavy (non-hydrogen) atoms. The predicted octanol–water partition coefficient (Wildman–Crippen LogP) is 7.42. The molecule has 152 valence electrons. The summed E-state index contributed by atoms with van der Waals surface area (Å²) in [6.07, 6.45) is 0. The van der Waals surface area contributed by atoms with E-state index in [4.69, 9.17) is 4.98 Å². The zero-order valence-electron chi connectivity index (χ0n) is 17.3. The highest BCUT2D eigenvalue weighted by atomic mass is 16.3. The van der Waals surface area contributed by atoms with Gasteiger partial charge in [0.15, 0.2) is 5.88 Å². The van der Waals surface area contributed by atoms with Gasteiger partial charge in [0, 0.05) is 16.3 Å². The molecule has 0 fully saturated rings. The molecule has 0 radical (unpaired) electrons. The van der Waals surface area contributed by atoms with Gasteiger partial charge in [-0.2, -0.15) is 0 Å². The van der Waals surface area contributed by atoms with Crippen molar-refractivity contribution in [1.82, 2.24) is 9.97 Å². The fourth-order valence-corrected chi connectivity index (χ4v) is 4.31. The third kappa shape index (κ3) is 3.12. The minimum atomic E-state index is 0.138. The minimum absolute atomic E-state index is 0.138. The first-order valence-electron chi connectivity index (χ1n) is 10.6. The fraction of sp³-hybridized carbons (Fsp3) is 0. The number of fused-ring (bicyclic) bond motifs is 2. The Labute approximate surface area is 185 Å². The van der Waals surface area contributed by atoms with Gasteiger partial charge in [0.1, 0.15) is 0 Å². The second kappa shape index (κ2) is 7.40. The van der Waals surface area contributed by atoms with Gasteiger partial charge in [0.05, 0.1) is 16.8 Å². The van der Waals surface area contributed by atoms with Crippen molar-refractivity contribution in [1.29, 1.82) is 0 Å². The molecule has 3 nitrogen and oxygen atoms in total. The highest BCUT2D eigenvalue weighted by molar-refractivity contribution is 6.01. The average molecular weight is 412 g/mol. The Hall–Kier alpha value is -4.37. The van der Waals surface area contributed by atoms with E-state index < -0.39 is 0 Å². The van der Waals surface area contributed by atoms with Gasteiger partial charge in [-0.1, -0.05) is 84.9 Å². The number of para-hydroxylation sites is 1. The van der Waals surface area contributed by atoms with Crippen LogP contribution in [0.5, 0.6) is 5.88 Å². The van der Waals surface area contributed by atoms with Crippen molar-refractivity contribution in [3.8, 4) is 39.4 Å². The summed E-state index contributed by atoms with van der Waals surface area (Å²) in [5.41, 5.74) is 7.90. The maximum absolute atomic E-state index is 10.7. The summed E-state index contributed by atoms with van der Waals surface area (Å²) >= 11 is 0. The lowest BCUT2D eigenvalue weighted by atomic mass is 9.98. The molecule has 4 aromatic carbocycles. The first kappa shape index (κ1) is 18.4. The monoisotopic (exact) mass is 412 g/mol. The normalized spacial score (nSPS) is 11.2. The van der Waals surface area contributed by atoms with Crippen LogP contribution in [0.2, 0.25) is 0 Å². The van der Waals surface area contributed by atoms with Gasteiger partial charge in [-0.15, -0.1) is 0 Å². The smallest absolute Gasteiger partial charge is 0.199 e. The molecule has 0 aliphatic heterocycles. The Bertz CT molecular complexity index is 1560. The molecule has 0 unspecified atom stereocenters. The summed E-state index contributed by atoms with van der Waals surface area (Å²) in [4.78, 5) is 7.89. The van der Waals surface area contributed by atoms with E-state index in [0.29, 0.717) is 0 Å². The van der Waals surface area contributed by atoms with Crippen LogP contribution in [0.3, 0.4) is 0 Å². The Morgan fingerprint density at radius 3 is 2.06 bits per heavy atom. The predicted molar refractivity (Wildman–Crippen MR) is 132 cm³/mol. The number of nitrogens with zero attached hydrogens (tertiary/aromatic N) is 1. The van der Waals surface area contributed by atoms with Crippen LogP contribution in [0.4, 0.5) is 0 Å².